The summed E-state index contributed by atoms with van der Waals surface area (Å²) in [5.74, 6) is 1.07. The number of para-hydroxylation sites is 1. The van der Waals surface area contributed by atoms with E-state index in [0.29, 0.717) is 12.6 Å². The molecule has 0 aromatic heterocycles. The summed E-state index contributed by atoms with van der Waals surface area (Å²) in [5, 5.41) is 6.08. The Bertz CT molecular complexity index is 519. The fraction of sp³-hybridized carbons (Fsp3) is 0.611. The molecule has 0 spiro atoms. The van der Waals surface area contributed by atoms with Gasteiger partial charge in [-0.05, 0) is 45.0 Å². The molecule has 2 rings (SSSR count). The first-order valence-corrected chi connectivity index (χ1v) is 8.35. The van der Waals surface area contributed by atoms with Gasteiger partial charge in [0.2, 0.25) is 0 Å². The Hall–Kier alpha value is -1.75. The number of nitrogens with zero attached hydrogens (tertiary/aromatic N) is 1. The van der Waals surface area contributed by atoms with Crippen LogP contribution in [0.1, 0.15) is 37.7 Å². The highest BCUT2D eigenvalue weighted by Gasteiger charge is 2.27. The average molecular weight is 319 g/mol. The molecule has 2 amide bonds. The summed E-state index contributed by atoms with van der Waals surface area (Å²) in [6.07, 6.45) is 3.23. The lowest BCUT2D eigenvalue weighted by Gasteiger charge is -2.20. The van der Waals surface area contributed by atoms with Gasteiger partial charge in [0.25, 0.3) is 0 Å². The van der Waals surface area contributed by atoms with E-state index >= 15 is 0 Å². The highest BCUT2D eigenvalue weighted by atomic mass is 16.5. The number of benzene rings is 1. The maximum atomic E-state index is 12.1. The summed E-state index contributed by atoms with van der Waals surface area (Å²) in [7, 11) is 5.87. The number of carbonyl (C=O) groups excluding carboxylic acids is 1. The summed E-state index contributed by atoms with van der Waals surface area (Å²) in [4.78, 5) is 14.3. The van der Waals surface area contributed by atoms with E-state index in [9.17, 15) is 4.79 Å². The molecule has 0 heterocycles. The van der Waals surface area contributed by atoms with E-state index in [1.807, 2.05) is 24.3 Å². The molecular formula is C18H29N3O2. The van der Waals surface area contributed by atoms with Crippen LogP contribution in [0.25, 0.3) is 0 Å². The topological polar surface area (TPSA) is 53.6 Å². The van der Waals surface area contributed by atoms with Crippen molar-refractivity contribution in [1.82, 2.24) is 15.5 Å². The minimum Gasteiger partial charge on any atom is -0.496 e. The Morgan fingerprint density at radius 1 is 1.35 bits per heavy atom. The van der Waals surface area contributed by atoms with Crippen LogP contribution in [-0.4, -0.2) is 50.8 Å². The fourth-order valence-electron chi connectivity index (χ4n) is 3.22. The number of rotatable bonds is 6. The van der Waals surface area contributed by atoms with Crippen LogP contribution in [-0.2, 0) is 0 Å². The molecule has 5 heteroatoms. The van der Waals surface area contributed by atoms with E-state index in [1.165, 1.54) is 0 Å². The van der Waals surface area contributed by atoms with Crippen molar-refractivity contribution in [1.29, 1.82) is 0 Å². The highest BCUT2D eigenvalue weighted by Crippen LogP contribution is 2.25. The quantitative estimate of drug-likeness (QED) is 0.847. The summed E-state index contributed by atoms with van der Waals surface area (Å²) >= 11 is 0. The molecule has 0 aliphatic heterocycles. The van der Waals surface area contributed by atoms with Crippen molar-refractivity contribution in [3.63, 3.8) is 0 Å². The van der Waals surface area contributed by atoms with Crippen molar-refractivity contribution in [3.8, 4) is 5.75 Å². The first kappa shape index (κ1) is 17.6. The number of amides is 2. The smallest absolute Gasteiger partial charge is 0.315 e. The second-order valence-corrected chi connectivity index (χ2v) is 6.62. The summed E-state index contributed by atoms with van der Waals surface area (Å²) in [6.45, 7) is 2.69. The predicted molar refractivity (Wildman–Crippen MR) is 93.1 cm³/mol. The third kappa shape index (κ3) is 4.86. The van der Waals surface area contributed by atoms with Crippen molar-refractivity contribution in [2.45, 2.75) is 44.2 Å². The SMILES string of the molecule is COc1ccccc1[C@H](C)CNC(=O)N[C@@H]1CC[C@@H](N(C)C)C1. The molecule has 1 aromatic rings. The third-order valence-electron chi connectivity index (χ3n) is 4.71. The molecule has 5 nitrogen and oxygen atoms in total. The average Bonchev–Trinajstić information content (AvgIpc) is 3.01. The highest BCUT2D eigenvalue weighted by molar-refractivity contribution is 5.74. The molecule has 23 heavy (non-hydrogen) atoms. The van der Waals surface area contributed by atoms with Gasteiger partial charge < -0.3 is 20.3 Å². The number of hydrogen-bond acceptors (Lipinski definition) is 3. The standard InChI is InChI=1S/C18H29N3O2/c1-13(16-7-5-6-8-17(16)23-4)12-19-18(22)20-14-9-10-15(11-14)21(2)3/h5-8,13-15H,9-12H2,1-4H3,(H2,19,20,22)/t13-,14-,15-/m1/s1. The van der Waals surface area contributed by atoms with Crippen LogP contribution in [0.2, 0.25) is 0 Å². The number of carbonyl (C=O) groups is 1. The molecule has 1 aliphatic rings. The maximum Gasteiger partial charge on any atom is 0.315 e. The molecular weight excluding hydrogens is 290 g/mol. The van der Waals surface area contributed by atoms with Crippen molar-refractivity contribution in [3.05, 3.63) is 29.8 Å². The van der Waals surface area contributed by atoms with E-state index in [4.69, 9.17) is 4.74 Å². The van der Waals surface area contributed by atoms with Crippen molar-refractivity contribution >= 4 is 6.03 Å². The first-order valence-electron chi connectivity index (χ1n) is 8.35. The number of ether oxygens (including phenoxy) is 1. The van der Waals surface area contributed by atoms with Crippen LogP contribution in [0.5, 0.6) is 5.75 Å². The molecule has 0 radical (unpaired) electrons. The molecule has 0 unspecified atom stereocenters. The van der Waals surface area contributed by atoms with Crippen LogP contribution in [0.4, 0.5) is 4.79 Å². The van der Waals surface area contributed by atoms with Crippen LogP contribution >= 0.6 is 0 Å². The van der Waals surface area contributed by atoms with E-state index in [-0.39, 0.29) is 18.0 Å². The van der Waals surface area contributed by atoms with Crippen LogP contribution < -0.4 is 15.4 Å². The van der Waals surface area contributed by atoms with E-state index in [2.05, 4.69) is 36.6 Å². The Labute approximate surface area is 139 Å². The van der Waals surface area contributed by atoms with Gasteiger partial charge in [0, 0.05) is 24.5 Å². The Balaban J connectivity index is 1.78. The first-order chi connectivity index (χ1) is 11.0. The van der Waals surface area contributed by atoms with Gasteiger partial charge >= 0.3 is 6.03 Å². The zero-order chi connectivity index (χ0) is 16.8. The Kier molecular flexibility index (Phi) is 6.28. The molecule has 3 atom stereocenters. The van der Waals surface area contributed by atoms with Gasteiger partial charge in [0.1, 0.15) is 5.75 Å². The number of urea groups is 1. The molecule has 2 N–H and O–H groups in total. The molecule has 1 saturated carbocycles. The lowest BCUT2D eigenvalue weighted by molar-refractivity contribution is 0.235. The van der Waals surface area contributed by atoms with Gasteiger partial charge in [-0.3, -0.25) is 0 Å². The Morgan fingerprint density at radius 2 is 2.09 bits per heavy atom. The maximum absolute atomic E-state index is 12.1. The summed E-state index contributed by atoms with van der Waals surface area (Å²) < 4.78 is 5.38. The second kappa shape index (κ2) is 8.20. The van der Waals surface area contributed by atoms with Crippen LogP contribution in [0, 0.1) is 0 Å². The fourth-order valence-corrected chi connectivity index (χ4v) is 3.22. The van der Waals surface area contributed by atoms with Gasteiger partial charge in [0.05, 0.1) is 7.11 Å². The minimum absolute atomic E-state index is 0.0730. The molecule has 1 aliphatic carbocycles. The van der Waals surface area contributed by atoms with Crippen LogP contribution in [0.15, 0.2) is 24.3 Å². The summed E-state index contributed by atoms with van der Waals surface area (Å²) in [5.41, 5.74) is 1.11. The monoisotopic (exact) mass is 319 g/mol. The number of nitrogens with one attached hydrogen (secondary N) is 2. The van der Waals surface area contributed by atoms with E-state index < -0.39 is 0 Å². The molecule has 1 aromatic carbocycles. The predicted octanol–water partition coefficient (Wildman–Crippen LogP) is 2.58. The zero-order valence-electron chi connectivity index (χ0n) is 14.6. The van der Waals surface area contributed by atoms with Gasteiger partial charge in [-0.2, -0.15) is 0 Å². The number of methoxy groups -OCH3 is 1. The van der Waals surface area contributed by atoms with E-state index in [0.717, 1.165) is 30.6 Å². The summed E-state index contributed by atoms with van der Waals surface area (Å²) in [6, 6.07) is 8.73. The number of hydrogen-bond donors (Lipinski definition) is 2. The van der Waals surface area contributed by atoms with Crippen molar-refractivity contribution in [2.24, 2.45) is 0 Å². The molecule has 1 fully saturated rings. The van der Waals surface area contributed by atoms with Crippen molar-refractivity contribution < 1.29 is 9.53 Å². The minimum atomic E-state index is -0.0730. The Morgan fingerprint density at radius 3 is 2.74 bits per heavy atom. The van der Waals surface area contributed by atoms with Gasteiger partial charge in [0.15, 0.2) is 0 Å². The van der Waals surface area contributed by atoms with Crippen LogP contribution in [0.3, 0.4) is 0 Å². The van der Waals surface area contributed by atoms with Gasteiger partial charge in [-0.15, -0.1) is 0 Å². The lowest BCUT2D eigenvalue weighted by atomic mass is 10.0. The van der Waals surface area contributed by atoms with Gasteiger partial charge in [-0.1, -0.05) is 25.1 Å². The lowest BCUT2D eigenvalue weighted by Crippen LogP contribution is -2.42. The molecule has 128 valence electrons. The third-order valence-corrected chi connectivity index (χ3v) is 4.71. The largest absolute Gasteiger partial charge is 0.496 e. The normalized spacial score (nSPS) is 22.0. The zero-order valence-corrected chi connectivity index (χ0v) is 14.6. The second-order valence-electron chi connectivity index (χ2n) is 6.62. The van der Waals surface area contributed by atoms with Gasteiger partial charge in [-0.25, -0.2) is 4.79 Å². The van der Waals surface area contributed by atoms with Crippen molar-refractivity contribution in [2.75, 3.05) is 27.7 Å². The molecule has 0 bridgehead atoms. The molecule has 0 saturated heterocycles. The van der Waals surface area contributed by atoms with E-state index in [1.54, 1.807) is 7.11 Å².